The summed E-state index contributed by atoms with van der Waals surface area (Å²) in [7, 11) is 2.67. The van der Waals surface area contributed by atoms with Crippen molar-refractivity contribution in [3.63, 3.8) is 0 Å². The van der Waals surface area contributed by atoms with E-state index in [0.717, 1.165) is 4.88 Å². The summed E-state index contributed by atoms with van der Waals surface area (Å²) >= 11 is 1.49. The van der Waals surface area contributed by atoms with Crippen LogP contribution in [0.25, 0.3) is 11.3 Å². The SMILES string of the molecule is COC(=O)c1c(-c2ccc(OCC(=O)N/N=C\c3cccs3)c(OC)c2)nc(=O)[nH]c1C. The van der Waals surface area contributed by atoms with Gasteiger partial charge in [0.15, 0.2) is 18.1 Å². The highest BCUT2D eigenvalue weighted by Crippen LogP contribution is 2.33. The Bertz CT molecular complexity index is 1200. The number of H-pyrrole nitrogens is 1. The van der Waals surface area contributed by atoms with Gasteiger partial charge in [0, 0.05) is 16.1 Å². The standard InChI is InChI=1S/C21H20N4O6S/c1-12-18(20(27)30-3)19(24-21(28)23-12)13-6-7-15(16(9-13)29-2)31-11-17(26)25-22-10-14-5-4-8-32-14/h4-10H,11H2,1-3H3,(H,25,26)(H,23,24,28)/b22-10-. The predicted octanol–water partition coefficient (Wildman–Crippen LogP) is 2.13. The van der Waals surface area contributed by atoms with Crippen molar-refractivity contribution in [1.29, 1.82) is 0 Å². The highest BCUT2D eigenvalue weighted by atomic mass is 32.1. The quantitative estimate of drug-likeness (QED) is 0.301. The number of methoxy groups -OCH3 is 2. The van der Waals surface area contributed by atoms with Crippen LogP contribution in [0.5, 0.6) is 11.5 Å². The number of aromatic amines is 1. The van der Waals surface area contributed by atoms with Crippen molar-refractivity contribution < 1.29 is 23.8 Å². The van der Waals surface area contributed by atoms with Gasteiger partial charge >= 0.3 is 11.7 Å². The van der Waals surface area contributed by atoms with E-state index in [1.807, 2.05) is 17.5 Å². The number of thiophene rings is 1. The third-order valence-electron chi connectivity index (χ3n) is 4.23. The van der Waals surface area contributed by atoms with Gasteiger partial charge in [-0.15, -0.1) is 11.3 Å². The molecule has 0 aliphatic carbocycles. The average Bonchev–Trinajstić information content (AvgIpc) is 3.30. The minimum Gasteiger partial charge on any atom is -0.493 e. The van der Waals surface area contributed by atoms with Crippen molar-refractivity contribution in [3.8, 4) is 22.8 Å². The molecule has 2 aromatic heterocycles. The monoisotopic (exact) mass is 456 g/mol. The van der Waals surface area contributed by atoms with Crippen molar-refractivity contribution in [2.24, 2.45) is 5.10 Å². The zero-order valence-corrected chi connectivity index (χ0v) is 18.3. The Balaban J connectivity index is 1.77. The maximum Gasteiger partial charge on any atom is 0.345 e. The van der Waals surface area contributed by atoms with Gasteiger partial charge in [0.2, 0.25) is 0 Å². The van der Waals surface area contributed by atoms with Crippen LogP contribution in [0, 0.1) is 6.92 Å². The minimum absolute atomic E-state index is 0.130. The fraction of sp³-hybridized carbons (Fsp3) is 0.190. The Labute approximate surface area is 186 Å². The van der Waals surface area contributed by atoms with E-state index in [4.69, 9.17) is 14.2 Å². The van der Waals surface area contributed by atoms with Gasteiger partial charge in [-0.3, -0.25) is 4.79 Å². The number of hydrogen-bond donors (Lipinski definition) is 2. The third-order valence-corrected chi connectivity index (χ3v) is 5.04. The summed E-state index contributed by atoms with van der Waals surface area (Å²) in [6, 6.07) is 8.44. The van der Waals surface area contributed by atoms with E-state index >= 15 is 0 Å². The fourth-order valence-corrected chi connectivity index (χ4v) is 3.37. The van der Waals surface area contributed by atoms with Crippen molar-refractivity contribution in [3.05, 3.63) is 62.3 Å². The lowest BCUT2D eigenvalue weighted by atomic mass is 10.0. The average molecular weight is 456 g/mol. The zero-order chi connectivity index (χ0) is 23.1. The normalized spacial score (nSPS) is 10.7. The molecule has 32 heavy (non-hydrogen) atoms. The molecule has 0 aliphatic rings. The molecule has 166 valence electrons. The second-order valence-electron chi connectivity index (χ2n) is 6.35. The first kappa shape index (κ1) is 22.7. The highest BCUT2D eigenvalue weighted by Gasteiger charge is 2.20. The van der Waals surface area contributed by atoms with Gasteiger partial charge in [0.1, 0.15) is 5.56 Å². The minimum atomic E-state index is -0.639. The number of carbonyl (C=O) groups is 2. The molecule has 2 heterocycles. The summed E-state index contributed by atoms with van der Waals surface area (Å²) < 4.78 is 15.7. The molecule has 0 bridgehead atoms. The number of aryl methyl sites for hydroxylation is 1. The van der Waals surface area contributed by atoms with E-state index in [-0.39, 0.29) is 29.4 Å². The molecule has 3 rings (SSSR count). The number of nitrogens with one attached hydrogen (secondary N) is 2. The molecule has 2 N–H and O–H groups in total. The number of ether oxygens (including phenoxy) is 3. The number of carbonyl (C=O) groups excluding carboxylic acids is 2. The number of hydrazone groups is 1. The maximum absolute atomic E-state index is 12.2. The van der Waals surface area contributed by atoms with E-state index in [9.17, 15) is 14.4 Å². The van der Waals surface area contributed by atoms with Crippen LogP contribution in [0.4, 0.5) is 0 Å². The van der Waals surface area contributed by atoms with Gasteiger partial charge in [0.25, 0.3) is 5.91 Å². The molecule has 0 aliphatic heterocycles. The first-order valence-electron chi connectivity index (χ1n) is 9.28. The largest absolute Gasteiger partial charge is 0.493 e. The Kier molecular flexibility index (Phi) is 7.34. The predicted molar refractivity (Wildman–Crippen MR) is 118 cm³/mol. The second kappa shape index (κ2) is 10.4. The van der Waals surface area contributed by atoms with Crippen LogP contribution in [-0.4, -0.2) is 48.9 Å². The lowest BCUT2D eigenvalue weighted by molar-refractivity contribution is -0.123. The van der Waals surface area contributed by atoms with Crippen LogP contribution < -0.4 is 20.6 Å². The summed E-state index contributed by atoms with van der Waals surface area (Å²) in [6.45, 7) is 1.28. The molecule has 0 saturated heterocycles. The van der Waals surface area contributed by atoms with Gasteiger partial charge in [-0.25, -0.2) is 15.0 Å². The van der Waals surface area contributed by atoms with Crippen molar-refractivity contribution in [2.45, 2.75) is 6.92 Å². The number of aromatic nitrogens is 2. The number of nitrogens with zero attached hydrogens (tertiary/aromatic N) is 2. The Morgan fingerprint density at radius 3 is 2.75 bits per heavy atom. The molecule has 1 amide bonds. The zero-order valence-electron chi connectivity index (χ0n) is 17.5. The van der Waals surface area contributed by atoms with E-state index in [0.29, 0.717) is 11.3 Å². The first-order chi connectivity index (χ1) is 15.4. The third kappa shape index (κ3) is 5.38. The number of rotatable bonds is 8. The molecule has 1 aromatic carbocycles. The molecule has 0 fully saturated rings. The number of amides is 1. The molecule has 10 nitrogen and oxygen atoms in total. The molecule has 0 unspecified atom stereocenters. The molecular formula is C21H20N4O6S. The second-order valence-corrected chi connectivity index (χ2v) is 7.32. The van der Waals surface area contributed by atoms with Crippen molar-refractivity contribution >= 4 is 29.4 Å². The van der Waals surface area contributed by atoms with E-state index < -0.39 is 17.6 Å². The Morgan fingerprint density at radius 1 is 1.25 bits per heavy atom. The van der Waals surface area contributed by atoms with Crippen LogP contribution in [0.3, 0.4) is 0 Å². The molecule has 3 aromatic rings. The van der Waals surface area contributed by atoms with Crippen LogP contribution in [0.15, 0.2) is 45.6 Å². The van der Waals surface area contributed by atoms with Crippen LogP contribution >= 0.6 is 11.3 Å². The van der Waals surface area contributed by atoms with Gasteiger partial charge in [-0.2, -0.15) is 10.1 Å². The van der Waals surface area contributed by atoms with Crippen molar-refractivity contribution in [1.82, 2.24) is 15.4 Å². The smallest absolute Gasteiger partial charge is 0.345 e. The number of hydrogen-bond acceptors (Lipinski definition) is 9. The van der Waals surface area contributed by atoms with Crippen LogP contribution in [-0.2, 0) is 9.53 Å². The maximum atomic E-state index is 12.2. The summed E-state index contributed by atoms with van der Waals surface area (Å²) in [5.41, 5.74) is 2.81. The fourth-order valence-electron chi connectivity index (χ4n) is 2.79. The van der Waals surface area contributed by atoms with Crippen LogP contribution in [0.2, 0.25) is 0 Å². The van der Waals surface area contributed by atoms with Gasteiger partial charge in [0.05, 0.1) is 26.1 Å². The molecule has 11 heteroatoms. The summed E-state index contributed by atoms with van der Waals surface area (Å²) in [4.78, 5) is 43.4. The lowest BCUT2D eigenvalue weighted by Gasteiger charge is -2.13. The van der Waals surface area contributed by atoms with Gasteiger partial charge in [-0.05, 0) is 36.6 Å². The summed E-state index contributed by atoms with van der Waals surface area (Å²) in [5.74, 6) is -0.521. The number of esters is 1. The lowest BCUT2D eigenvalue weighted by Crippen LogP contribution is -2.24. The molecule has 0 saturated carbocycles. The van der Waals surface area contributed by atoms with Gasteiger partial charge < -0.3 is 19.2 Å². The molecule has 0 radical (unpaired) electrons. The Hall–Kier alpha value is -3.99. The Morgan fingerprint density at radius 2 is 2.06 bits per heavy atom. The van der Waals surface area contributed by atoms with E-state index in [2.05, 4.69) is 20.5 Å². The first-order valence-corrected chi connectivity index (χ1v) is 10.2. The van der Waals surface area contributed by atoms with Gasteiger partial charge in [-0.1, -0.05) is 6.07 Å². The van der Waals surface area contributed by atoms with Crippen LogP contribution in [0.1, 0.15) is 20.9 Å². The summed E-state index contributed by atoms with van der Waals surface area (Å²) in [5, 5.41) is 5.76. The molecule has 0 spiro atoms. The topological polar surface area (TPSA) is 132 Å². The van der Waals surface area contributed by atoms with Crippen molar-refractivity contribution in [2.75, 3.05) is 20.8 Å². The van der Waals surface area contributed by atoms with E-state index in [1.165, 1.54) is 31.8 Å². The molecular weight excluding hydrogens is 436 g/mol. The number of benzene rings is 1. The molecule has 0 atom stereocenters. The van der Waals surface area contributed by atoms with E-state index in [1.54, 1.807) is 25.1 Å². The highest BCUT2D eigenvalue weighted by molar-refractivity contribution is 7.11. The summed E-state index contributed by atoms with van der Waals surface area (Å²) in [6.07, 6.45) is 1.54.